The van der Waals surface area contributed by atoms with Crippen LogP contribution in [-0.2, 0) is 14.8 Å². The lowest BCUT2D eigenvalue weighted by atomic mass is 10.2. The molecule has 30 heavy (non-hydrogen) atoms. The molecule has 0 heterocycles. The number of sulfonamides is 1. The van der Waals surface area contributed by atoms with E-state index in [9.17, 15) is 13.2 Å². The van der Waals surface area contributed by atoms with Gasteiger partial charge in [0, 0.05) is 29.9 Å². The van der Waals surface area contributed by atoms with Gasteiger partial charge in [-0.2, -0.15) is 4.31 Å². The Morgan fingerprint density at radius 2 is 1.53 bits per heavy atom. The number of carbonyl (C=O) groups excluding carboxylic acids is 1. The maximum absolute atomic E-state index is 13.0. The third-order valence-electron chi connectivity index (χ3n) is 4.58. The summed E-state index contributed by atoms with van der Waals surface area (Å²) in [6.45, 7) is 5.13. The van der Waals surface area contributed by atoms with Gasteiger partial charge in [0.1, 0.15) is 0 Å². The fourth-order valence-corrected chi connectivity index (χ4v) is 4.45. The minimum absolute atomic E-state index is 0.240. The molecule has 0 atom stereocenters. The van der Waals surface area contributed by atoms with Crippen molar-refractivity contribution in [1.82, 2.24) is 4.31 Å². The Kier molecular flexibility index (Phi) is 9.56. The fourth-order valence-electron chi connectivity index (χ4n) is 2.81. The molecule has 1 N–H and O–H groups in total. The molecule has 0 aliphatic heterocycles. The Morgan fingerprint density at radius 3 is 2.07 bits per heavy atom. The van der Waals surface area contributed by atoms with Crippen LogP contribution in [0.5, 0.6) is 0 Å². The minimum Gasteiger partial charge on any atom is -0.323 e. The van der Waals surface area contributed by atoms with E-state index in [2.05, 4.69) is 5.32 Å². The average molecular weight is 449 g/mol. The largest absolute Gasteiger partial charge is 0.323 e. The van der Waals surface area contributed by atoms with E-state index in [-0.39, 0.29) is 10.8 Å². The normalized spacial score (nSPS) is 11.9. The van der Waals surface area contributed by atoms with E-state index in [4.69, 9.17) is 11.6 Å². The monoisotopic (exact) mass is 448 g/mol. The summed E-state index contributed by atoms with van der Waals surface area (Å²) < 4.78 is 27.5. The molecule has 2 rings (SSSR count). The smallest absolute Gasteiger partial charge is 0.248 e. The minimum atomic E-state index is -3.54. The average Bonchev–Trinajstić information content (AvgIpc) is 2.73. The van der Waals surface area contributed by atoms with Crippen molar-refractivity contribution in [2.45, 2.75) is 44.4 Å². The molecule has 0 aliphatic rings. The summed E-state index contributed by atoms with van der Waals surface area (Å²) in [4.78, 5) is 12.4. The van der Waals surface area contributed by atoms with Crippen molar-refractivity contribution in [3.05, 3.63) is 65.2 Å². The highest BCUT2D eigenvalue weighted by molar-refractivity contribution is 7.89. The summed E-state index contributed by atoms with van der Waals surface area (Å²) in [6.07, 6.45) is 6.64. The zero-order valence-corrected chi connectivity index (χ0v) is 19.0. The van der Waals surface area contributed by atoms with Crippen molar-refractivity contribution in [1.29, 1.82) is 0 Å². The van der Waals surface area contributed by atoms with Crippen LogP contribution in [0.25, 0.3) is 6.08 Å². The fraction of sp³-hybridized carbons (Fsp3) is 0.348. The molecule has 162 valence electrons. The van der Waals surface area contributed by atoms with Crippen molar-refractivity contribution in [2.75, 3.05) is 18.4 Å². The van der Waals surface area contributed by atoms with Gasteiger partial charge in [-0.05, 0) is 60.9 Å². The molecule has 7 heteroatoms. The number of unbranched alkanes of at least 4 members (excludes halogenated alkanes) is 2. The van der Waals surface area contributed by atoms with E-state index in [0.717, 1.165) is 31.2 Å². The highest BCUT2D eigenvalue weighted by Gasteiger charge is 2.23. The lowest BCUT2D eigenvalue weighted by molar-refractivity contribution is -0.111. The third-order valence-corrected chi connectivity index (χ3v) is 6.74. The van der Waals surface area contributed by atoms with Crippen LogP contribution in [-0.4, -0.2) is 31.7 Å². The SMILES string of the molecule is CCCCN(CCCC)S(=O)(=O)c1ccc(NC(=O)C=Cc2ccc(Cl)cc2)cc1. The number of rotatable bonds is 11. The van der Waals surface area contributed by atoms with Gasteiger partial charge in [-0.1, -0.05) is 50.4 Å². The molecule has 0 radical (unpaired) electrons. The van der Waals surface area contributed by atoms with Gasteiger partial charge in [0.05, 0.1) is 4.90 Å². The summed E-state index contributed by atoms with van der Waals surface area (Å²) in [7, 11) is -3.54. The number of carbonyl (C=O) groups is 1. The number of benzene rings is 2. The number of amides is 1. The van der Waals surface area contributed by atoms with Crippen LogP contribution in [0.15, 0.2) is 59.5 Å². The van der Waals surface area contributed by atoms with Gasteiger partial charge in [0.15, 0.2) is 0 Å². The zero-order chi connectivity index (χ0) is 22.0. The Labute approximate surface area is 184 Å². The molecule has 0 aromatic heterocycles. The van der Waals surface area contributed by atoms with Crippen LogP contribution in [0.2, 0.25) is 5.02 Å². The van der Waals surface area contributed by atoms with Crippen LogP contribution in [0.4, 0.5) is 5.69 Å². The number of nitrogens with one attached hydrogen (secondary N) is 1. The number of anilines is 1. The van der Waals surface area contributed by atoms with Crippen LogP contribution in [0.1, 0.15) is 45.1 Å². The summed E-state index contributed by atoms with van der Waals surface area (Å²) in [5, 5.41) is 3.37. The van der Waals surface area contributed by atoms with Crippen LogP contribution in [0.3, 0.4) is 0 Å². The summed E-state index contributed by atoms with van der Waals surface area (Å²) in [6, 6.07) is 13.4. The Morgan fingerprint density at radius 1 is 0.967 bits per heavy atom. The number of halogens is 1. The van der Waals surface area contributed by atoms with E-state index in [1.165, 1.54) is 6.08 Å². The molecular weight excluding hydrogens is 420 g/mol. The third kappa shape index (κ3) is 7.27. The van der Waals surface area contributed by atoms with Crippen molar-refractivity contribution in [3.63, 3.8) is 0 Å². The zero-order valence-electron chi connectivity index (χ0n) is 17.5. The second-order valence-electron chi connectivity index (χ2n) is 7.01. The van der Waals surface area contributed by atoms with E-state index in [1.54, 1.807) is 46.8 Å². The Bertz CT molecular complexity index is 931. The molecule has 0 saturated carbocycles. The van der Waals surface area contributed by atoms with Gasteiger partial charge in [0.2, 0.25) is 15.9 Å². The van der Waals surface area contributed by atoms with Gasteiger partial charge < -0.3 is 5.32 Å². The molecule has 2 aromatic carbocycles. The summed E-state index contributed by atoms with van der Waals surface area (Å²) >= 11 is 5.85. The topological polar surface area (TPSA) is 66.5 Å². The van der Waals surface area contributed by atoms with Crippen molar-refractivity contribution in [3.8, 4) is 0 Å². The summed E-state index contributed by atoms with van der Waals surface area (Å²) in [5.74, 6) is -0.298. The van der Waals surface area contributed by atoms with Crippen LogP contribution in [0, 0.1) is 0 Å². The van der Waals surface area contributed by atoms with Gasteiger partial charge in [0.25, 0.3) is 0 Å². The van der Waals surface area contributed by atoms with Crippen LogP contribution < -0.4 is 5.32 Å². The molecule has 2 aromatic rings. The van der Waals surface area contributed by atoms with Gasteiger partial charge in [-0.25, -0.2) is 8.42 Å². The lowest BCUT2D eigenvalue weighted by Gasteiger charge is -2.22. The first-order chi connectivity index (χ1) is 14.4. The van der Waals surface area contributed by atoms with Gasteiger partial charge in [-0.15, -0.1) is 0 Å². The first kappa shape index (κ1) is 24.1. The lowest BCUT2D eigenvalue weighted by Crippen LogP contribution is -2.33. The maximum atomic E-state index is 13.0. The summed E-state index contributed by atoms with van der Waals surface area (Å²) in [5.41, 5.74) is 1.39. The molecule has 5 nitrogen and oxygen atoms in total. The standard InChI is InChI=1S/C23H29ClN2O3S/c1-3-5-17-26(18-6-4-2)30(28,29)22-14-12-21(13-15-22)25-23(27)16-9-19-7-10-20(24)11-8-19/h7-16H,3-6,17-18H2,1-2H3,(H,25,27). The molecular formula is C23H29ClN2O3S. The van der Waals surface area contributed by atoms with E-state index < -0.39 is 10.0 Å². The van der Waals surface area contributed by atoms with E-state index in [0.29, 0.717) is 23.8 Å². The van der Waals surface area contributed by atoms with E-state index in [1.807, 2.05) is 26.0 Å². The van der Waals surface area contributed by atoms with Gasteiger partial charge >= 0.3 is 0 Å². The molecule has 0 saturated heterocycles. The van der Waals surface area contributed by atoms with Crippen molar-refractivity contribution >= 4 is 39.3 Å². The molecule has 1 amide bonds. The van der Waals surface area contributed by atoms with Crippen LogP contribution >= 0.6 is 11.6 Å². The molecule has 0 bridgehead atoms. The second kappa shape index (κ2) is 11.9. The Hall–Kier alpha value is -2.15. The second-order valence-corrected chi connectivity index (χ2v) is 9.38. The number of hydrogen-bond donors (Lipinski definition) is 1. The van der Waals surface area contributed by atoms with E-state index >= 15 is 0 Å². The first-order valence-electron chi connectivity index (χ1n) is 10.2. The van der Waals surface area contributed by atoms with Crippen molar-refractivity contribution < 1.29 is 13.2 Å². The highest BCUT2D eigenvalue weighted by Crippen LogP contribution is 2.20. The molecule has 0 spiro atoms. The first-order valence-corrected chi connectivity index (χ1v) is 12.0. The Balaban J connectivity index is 2.04. The molecule has 0 unspecified atom stereocenters. The predicted molar refractivity (Wildman–Crippen MR) is 124 cm³/mol. The number of nitrogens with zero attached hydrogens (tertiary/aromatic N) is 1. The molecule has 0 fully saturated rings. The maximum Gasteiger partial charge on any atom is 0.248 e. The number of hydrogen-bond acceptors (Lipinski definition) is 3. The molecule has 0 aliphatic carbocycles. The quantitative estimate of drug-likeness (QED) is 0.456. The predicted octanol–water partition coefficient (Wildman–Crippen LogP) is 5.58. The van der Waals surface area contributed by atoms with Gasteiger partial charge in [-0.3, -0.25) is 4.79 Å². The van der Waals surface area contributed by atoms with Crippen molar-refractivity contribution in [2.24, 2.45) is 0 Å². The highest BCUT2D eigenvalue weighted by atomic mass is 35.5.